The van der Waals surface area contributed by atoms with Gasteiger partial charge in [-0.2, -0.15) is 5.10 Å². The van der Waals surface area contributed by atoms with Crippen molar-refractivity contribution in [1.82, 2.24) is 20.5 Å². The van der Waals surface area contributed by atoms with Crippen molar-refractivity contribution < 1.29 is 9.18 Å². The van der Waals surface area contributed by atoms with Crippen LogP contribution < -0.4 is 5.32 Å². The number of hydrogen-bond donors (Lipinski definition) is 2. The van der Waals surface area contributed by atoms with Gasteiger partial charge < -0.3 is 5.32 Å². The Balaban J connectivity index is 1.72. The number of nitrogens with one attached hydrogen (secondary N) is 2. The quantitative estimate of drug-likeness (QED) is 0.778. The van der Waals surface area contributed by atoms with Gasteiger partial charge in [-0.3, -0.25) is 14.9 Å². The number of amides is 1. The summed E-state index contributed by atoms with van der Waals surface area (Å²) in [7, 11) is 0. The van der Waals surface area contributed by atoms with Crippen molar-refractivity contribution in [2.45, 2.75) is 13.0 Å². The third-order valence-electron chi connectivity index (χ3n) is 3.44. The molecule has 5 nitrogen and oxygen atoms in total. The van der Waals surface area contributed by atoms with Crippen LogP contribution in [-0.2, 0) is 0 Å². The number of aromatic nitrogens is 3. The second-order valence-electron chi connectivity index (χ2n) is 5.12. The van der Waals surface area contributed by atoms with Crippen molar-refractivity contribution in [2.24, 2.45) is 0 Å². The minimum atomic E-state index is -0.313. The molecule has 0 aliphatic heterocycles. The second-order valence-corrected chi connectivity index (χ2v) is 5.12. The van der Waals surface area contributed by atoms with E-state index < -0.39 is 0 Å². The van der Waals surface area contributed by atoms with Crippen molar-refractivity contribution in [3.63, 3.8) is 0 Å². The van der Waals surface area contributed by atoms with Gasteiger partial charge in [0.1, 0.15) is 11.5 Å². The highest BCUT2D eigenvalue weighted by Gasteiger charge is 2.15. The lowest BCUT2D eigenvalue weighted by atomic mass is 10.1. The largest absolute Gasteiger partial charge is 0.343 e. The number of aromatic amines is 1. The second kappa shape index (κ2) is 6.39. The van der Waals surface area contributed by atoms with Crippen molar-refractivity contribution in [3.8, 4) is 11.3 Å². The molecule has 3 aromatic rings. The van der Waals surface area contributed by atoms with Crippen LogP contribution in [-0.4, -0.2) is 21.1 Å². The maximum atomic E-state index is 12.9. The molecule has 2 N–H and O–H groups in total. The maximum Gasteiger partial charge on any atom is 0.269 e. The third-order valence-corrected chi connectivity index (χ3v) is 3.44. The van der Waals surface area contributed by atoms with Gasteiger partial charge in [-0.05, 0) is 49.4 Å². The number of benzene rings is 1. The lowest BCUT2D eigenvalue weighted by Gasteiger charge is -2.12. The molecule has 0 fully saturated rings. The Labute approximate surface area is 132 Å². The van der Waals surface area contributed by atoms with E-state index >= 15 is 0 Å². The van der Waals surface area contributed by atoms with E-state index in [4.69, 9.17) is 0 Å². The maximum absolute atomic E-state index is 12.9. The van der Waals surface area contributed by atoms with Crippen LogP contribution >= 0.6 is 0 Å². The molecule has 0 aliphatic rings. The summed E-state index contributed by atoms with van der Waals surface area (Å²) in [5.74, 6) is -0.588. The lowest BCUT2D eigenvalue weighted by molar-refractivity contribution is 0.0934. The molecule has 0 radical (unpaired) electrons. The smallest absolute Gasteiger partial charge is 0.269 e. The Morgan fingerprint density at radius 1 is 1.22 bits per heavy atom. The van der Waals surface area contributed by atoms with Gasteiger partial charge in [-0.15, -0.1) is 0 Å². The average molecular weight is 310 g/mol. The molecular weight excluding hydrogens is 295 g/mol. The summed E-state index contributed by atoms with van der Waals surface area (Å²) in [5, 5.41) is 9.65. The Hall–Kier alpha value is -3.02. The van der Waals surface area contributed by atoms with Crippen LogP contribution in [0.2, 0.25) is 0 Å². The zero-order valence-corrected chi connectivity index (χ0v) is 12.5. The first-order valence-corrected chi connectivity index (χ1v) is 7.16. The van der Waals surface area contributed by atoms with Crippen LogP contribution in [0.1, 0.15) is 29.1 Å². The summed E-state index contributed by atoms with van der Waals surface area (Å²) in [4.78, 5) is 16.5. The van der Waals surface area contributed by atoms with Gasteiger partial charge in [-0.25, -0.2) is 4.39 Å². The van der Waals surface area contributed by atoms with E-state index in [1.807, 2.05) is 25.1 Å². The van der Waals surface area contributed by atoms with Gasteiger partial charge in [0.05, 0.1) is 17.4 Å². The standard InChI is InChI=1S/C17H15FN4O/c1-11(14-4-2-3-9-19-14)20-17(23)16-10-15(21-22-16)12-5-7-13(18)8-6-12/h2-11H,1H3,(H,20,23)(H,21,22)/t11-/m1/s1. The number of pyridine rings is 1. The summed E-state index contributed by atoms with van der Waals surface area (Å²) < 4.78 is 12.9. The lowest BCUT2D eigenvalue weighted by Crippen LogP contribution is -2.27. The Kier molecular flexibility index (Phi) is 4.14. The van der Waals surface area contributed by atoms with Crippen molar-refractivity contribution in [3.05, 3.63) is 71.9 Å². The molecule has 2 aromatic heterocycles. The highest BCUT2D eigenvalue weighted by atomic mass is 19.1. The predicted molar refractivity (Wildman–Crippen MR) is 84.1 cm³/mol. The highest BCUT2D eigenvalue weighted by molar-refractivity contribution is 5.93. The number of rotatable bonds is 4. The van der Waals surface area contributed by atoms with Crippen molar-refractivity contribution in [2.75, 3.05) is 0 Å². The number of hydrogen-bond acceptors (Lipinski definition) is 3. The minimum Gasteiger partial charge on any atom is -0.343 e. The molecule has 3 rings (SSSR count). The van der Waals surface area contributed by atoms with E-state index in [-0.39, 0.29) is 17.8 Å². The molecule has 0 unspecified atom stereocenters. The van der Waals surface area contributed by atoms with E-state index in [1.54, 1.807) is 24.4 Å². The molecule has 23 heavy (non-hydrogen) atoms. The predicted octanol–water partition coefficient (Wildman–Crippen LogP) is 3.10. The molecule has 0 aliphatic carbocycles. The van der Waals surface area contributed by atoms with Gasteiger partial charge in [0, 0.05) is 11.8 Å². The van der Waals surface area contributed by atoms with E-state index in [0.29, 0.717) is 11.4 Å². The fourth-order valence-corrected chi connectivity index (χ4v) is 2.19. The van der Waals surface area contributed by atoms with Crippen LogP contribution in [0.4, 0.5) is 4.39 Å². The van der Waals surface area contributed by atoms with Crippen molar-refractivity contribution in [1.29, 1.82) is 0 Å². The molecule has 0 saturated heterocycles. The fraction of sp³-hybridized carbons (Fsp3) is 0.118. The fourth-order valence-electron chi connectivity index (χ4n) is 2.19. The topological polar surface area (TPSA) is 70.7 Å². The molecular formula is C17H15FN4O. The van der Waals surface area contributed by atoms with Crippen LogP contribution in [0.5, 0.6) is 0 Å². The molecule has 1 aromatic carbocycles. The number of halogens is 1. The third kappa shape index (κ3) is 3.42. The monoisotopic (exact) mass is 310 g/mol. The first-order chi connectivity index (χ1) is 11.1. The number of nitrogens with zero attached hydrogens (tertiary/aromatic N) is 2. The molecule has 1 atom stereocenters. The van der Waals surface area contributed by atoms with Gasteiger partial charge in [0.15, 0.2) is 0 Å². The Morgan fingerprint density at radius 2 is 2.00 bits per heavy atom. The van der Waals surface area contributed by atoms with E-state index in [0.717, 1.165) is 11.3 Å². The van der Waals surface area contributed by atoms with Crippen molar-refractivity contribution >= 4 is 5.91 Å². The zero-order chi connectivity index (χ0) is 16.2. The summed E-state index contributed by atoms with van der Waals surface area (Å²) in [6, 6.07) is 12.9. The number of carbonyl (C=O) groups is 1. The van der Waals surface area contributed by atoms with E-state index in [9.17, 15) is 9.18 Å². The summed E-state index contributed by atoms with van der Waals surface area (Å²) >= 11 is 0. The van der Waals surface area contributed by atoms with Crippen LogP contribution in [0.15, 0.2) is 54.7 Å². The van der Waals surface area contributed by atoms with Crippen LogP contribution in [0, 0.1) is 5.82 Å². The number of H-pyrrole nitrogens is 1. The minimum absolute atomic E-state index is 0.221. The molecule has 6 heteroatoms. The van der Waals surface area contributed by atoms with E-state index in [2.05, 4.69) is 20.5 Å². The molecule has 116 valence electrons. The highest BCUT2D eigenvalue weighted by Crippen LogP contribution is 2.18. The van der Waals surface area contributed by atoms with Crippen LogP contribution in [0.3, 0.4) is 0 Å². The first kappa shape index (κ1) is 14.9. The van der Waals surface area contributed by atoms with E-state index in [1.165, 1.54) is 12.1 Å². The molecule has 2 heterocycles. The Bertz CT molecular complexity index is 799. The molecule has 0 bridgehead atoms. The summed E-state index contributed by atoms with van der Waals surface area (Å²) in [6.45, 7) is 1.86. The zero-order valence-electron chi connectivity index (χ0n) is 12.5. The Morgan fingerprint density at radius 3 is 2.70 bits per heavy atom. The molecule has 1 amide bonds. The van der Waals surface area contributed by atoms with Crippen LogP contribution in [0.25, 0.3) is 11.3 Å². The van der Waals surface area contributed by atoms with Gasteiger partial charge in [-0.1, -0.05) is 6.07 Å². The molecule has 0 spiro atoms. The summed E-state index contributed by atoms with van der Waals surface area (Å²) in [5.41, 5.74) is 2.44. The number of carbonyl (C=O) groups excluding carboxylic acids is 1. The van der Waals surface area contributed by atoms with Gasteiger partial charge in [0.25, 0.3) is 5.91 Å². The van der Waals surface area contributed by atoms with Gasteiger partial charge in [0.2, 0.25) is 0 Å². The normalized spacial score (nSPS) is 11.9. The molecule has 0 saturated carbocycles. The SMILES string of the molecule is C[C@@H](NC(=O)c1cc(-c2ccc(F)cc2)n[nH]1)c1ccccn1. The first-order valence-electron chi connectivity index (χ1n) is 7.16. The average Bonchev–Trinajstić information content (AvgIpc) is 3.06. The van der Waals surface area contributed by atoms with Gasteiger partial charge >= 0.3 is 0 Å². The summed E-state index contributed by atoms with van der Waals surface area (Å²) in [6.07, 6.45) is 1.68.